The Morgan fingerprint density at radius 3 is 2.31 bits per heavy atom. The van der Waals surface area contributed by atoms with Crippen LogP contribution in [0.25, 0.3) is 11.8 Å². The number of nitrogens with one attached hydrogen (secondary N) is 1. The largest absolute Gasteiger partial charge is 0.383 e. The molecule has 3 N–H and O–H groups in total. The van der Waals surface area contributed by atoms with Gasteiger partial charge in [0.25, 0.3) is 11.5 Å². The lowest BCUT2D eigenvalue weighted by molar-refractivity contribution is -0.113. The summed E-state index contributed by atoms with van der Waals surface area (Å²) in [7, 11) is 1.46. The molecule has 0 aliphatic heterocycles. The van der Waals surface area contributed by atoms with Crippen LogP contribution >= 0.6 is 0 Å². The molecule has 0 aliphatic carbocycles. The van der Waals surface area contributed by atoms with Gasteiger partial charge in [-0.25, -0.2) is 4.79 Å². The zero-order valence-corrected chi connectivity index (χ0v) is 19.9. The molecule has 0 bridgehead atoms. The fraction of sp³-hybridized carbons (Fsp3) is 0.148. The molecule has 1 amide bonds. The zero-order valence-electron chi connectivity index (χ0n) is 19.9. The van der Waals surface area contributed by atoms with E-state index in [2.05, 4.69) is 9.55 Å². The lowest BCUT2D eigenvalue weighted by Crippen LogP contribution is -2.39. The maximum absolute atomic E-state index is 13.0. The lowest BCUT2D eigenvalue weighted by Gasteiger charge is -2.19. The Morgan fingerprint density at radius 1 is 1.03 bits per heavy atom. The number of nitrogens with zero attached hydrogens (tertiary/aromatic N) is 3. The van der Waals surface area contributed by atoms with Gasteiger partial charge in [-0.15, -0.1) is 0 Å². The first-order valence-electron chi connectivity index (χ1n) is 11.1. The molecule has 8 nitrogen and oxygen atoms in total. The summed E-state index contributed by atoms with van der Waals surface area (Å²) < 4.78 is 3.35. The molecule has 2 aromatic carbocycles. The molecule has 178 valence electrons. The zero-order chi connectivity index (χ0) is 25.1. The minimum Gasteiger partial charge on any atom is -0.383 e. The minimum atomic E-state index is -0.719. The molecule has 0 fully saturated rings. The Balaban J connectivity index is 1.63. The maximum Gasteiger partial charge on any atom is 0.330 e. The molecule has 8 heteroatoms. The SMILES string of the molecule is Cc1cc(C=CC(=O)N(C)c2c(N)n(Cc3ccccc3)c(=O)[nH]c2=O)c(C)n1-c1ccccc1. The van der Waals surface area contributed by atoms with Crippen molar-refractivity contribution < 1.29 is 4.79 Å². The Bertz CT molecular complexity index is 1510. The highest BCUT2D eigenvalue weighted by atomic mass is 16.2. The first kappa shape index (κ1) is 23.6. The predicted octanol–water partition coefficient (Wildman–Crippen LogP) is 3.25. The molecule has 2 aromatic heterocycles. The predicted molar refractivity (Wildman–Crippen MR) is 139 cm³/mol. The van der Waals surface area contributed by atoms with Crippen molar-refractivity contribution in [3.63, 3.8) is 0 Å². The summed E-state index contributed by atoms with van der Waals surface area (Å²) in [5.41, 5.74) is 9.54. The molecule has 35 heavy (non-hydrogen) atoms. The molecule has 4 rings (SSSR count). The first-order valence-corrected chi connectivity index (χ1v) is 11.1. The molecule has 0 aliphatic rings. The van der Waals surface area contributed by atoms with E-state index in [-0.39, 0.29) is 18.1 Å². The van der Waals surface area contributed by atoms with Crippen LogP contribution in [0, 0.1) is 13.8 Å². The van der Waals surface area contributed by atoms with E-state index in [9.17, 15) is 14.4 Å². The summed E-state index contributed by atoms with van der Waals surface area (Å²) in [6.07, 6.45) is 3.10. The number of likely N-dealkylation sites (N-methyl/N-ethyl adjacent to an activating group) is 1. The van der Waals surface area contributed by atoms with Gasteiger partial charge in [0.1, 0.15) is 5.82 Å². The molecule has 0 radical (unpaired) electrons. The first-order chi connectivity index (χ1) is 16.8. The van der Waals surface area contributed by atoms with Crippen molar-refractivity contribution in [1.82, 2.24) is 14.1 Å². The normalized spacial score (nSPS) is 11.2. The summed E-state index contributed by atoms with van der Waals surface area (Å²) in [6.45, 7) is 4.15. The van der Waals surface area contributed by atoms with Crippen molar-refractivity contribution in [2.24, 2.45) is 0 Å². The monoisotopic (exact) mass is 469 g/mol. The quantitative estimate of drug-likeness (QED) is 0.423. The van der Waals surface area contributed by atoms with Gasteiger partial charge in [-0.1, -0.05) is 48.5 Å². The molecular weight excluding hydrogens is 442 g/mol. The lowest BCUT2D eigenvalue weighted by atomic mass is 10.2. The number of hydrogen-bond donors (Lipinski definition) is 2. The number of para-hydroxylation sites is 1. The molecule has 0 saturated carbocycles. The molecule has 0 atom stereocenters. The average molecular weight is 470 g/mol. The van der Waals surface area contributed by atoms with E-state index < -0.39 is 17.2 Å². The minimum absolute atomic E-state index is 0.0749. The molecule has 0 unspecified atom stereocenters. The third-order valence-corrected chi connectivity index (χ3v) is 5.95. The second-order valence-electron chi connectivity index (χ2n) is 8.29. The van der Waals surface area contributed by atoms with E-state index >= 15 is 0 Å². The smallest absolute Gasteiger partial charge is 0.330 e. The Kier molecular flexibility index (Phi) is 6.55. The van der Waals surface area contributed by atoms with Crippen molar-refractivity contribution in [2.45, 2.75) is 20.4 Å². The van der Waals surface area contributed by atoms with Crippen LogP contribution in [0.2, 0.25) is 0 Å². The highest BCUT2D eigenvalue weighted by Crippen LogP contribution is 2.22. The van der Waals surface area contributed by atoms with Crippen LogP contribution < -0.4 is 21.9 Å². The number of rotatable bonds is 6. The number of aromatic amines is 1. The Labute approximate surface area is 202 Å². The number of aryl methyl sites for hydroxylation is 1. The van der Waals surface area contributed by atoms with Crippen LogP contribution in [-0.4, -0.2) is 27.1 Å². The highest BCUT2D eigenvalue weighted by Gasteiger charge is 2.20. The average Bonchev–Trinajstić information content (AvgIpc) is 3.13. The number of nitrogens with two attached hydrogens (primary N) is 1. The van der Waals surface area contributed by atoms with Crippen molar-refractivity contribution >= 4 is 23.5 Å². The van der Waals surface area contributed by atoms with Gasteiger partial charge < -0.3 is 15.2 Å². The summed E-state index contributed by atoms with van der Waals surface area (Å²) in [5.74, 6) is -0.522. The van der Waals surface area contributed by atoms with Crippen LogP contribution in [-0.2, 0) is 11.3 Å². The number of benzene rings is 2. The fourth-order valence-corrected chi connectivity index (χ4v) is 4.14. The second-order valence-corrected chi connectivity index (χ2v) is 8.29. The van der Waals surface area contributed by atoms with Gasteiger partial charge in [0.15, 0.2) is 5.69 Å². The van der Waals surface area contributed by atoms with Gasteiger partial charge in [-0.2, -0.15) is 0 Å². The van der Waals surface area contributed by atoms with Crippen molar-refractivity contribution in [1.29, 1.82) is 0 Å². The summed E-state index contributed by atoms with van der Waals surface area (Å²) in [5, 5.41) is 0. The Morgan fingerprint density at radius 2 is 1.66 bits per heavy atom. The number of nitrogen functional groups attached to an aromatic ring is 1. The summed E-state index contributed by atoms with van der Waals surface area (Å²) >= 11 is 0. The second kappa shape index (κ2) is 9.72. The van der Waals surface area contributed by atoms with Crippen molar-refractivity contribution in [3.05, 3.63) is 116 Å². The van der Waals surface area contributed by atoms with Gasteiger partial charge in [0.2, 0.25) is 0 Å². The number of amides is 1. The number of anilines is 2. The number of carbonyl (C=O) groups is 1. The van der Waals surface area contributed by atoms with Gasteiger partial charge >= 0.3 is 5.69 Å². The van der Waals surface area contributed by atoms with Crippen molar-refractivity contribution in [2.75, 3.05) is 17.7 Å². The van der Waals surface area contributed by atoms with E-state index in [0.29, 0.717) is 0 Å². The fourth-order valence-electron chi connectivity index (χ4n) is 4.14. The third kappa shape index (κ3) is 4.72. The number of H-pyrrole nitrogens is 1. The van der Waals surface area contributed by atoms with E-state index in [1.165, 1.54) is 17.7 Å². The molecule has 4 aromatic rings. The van der Waals surface area contributed by atoms with Crippen LogP contribution in [0.15, 0.2) is 82.4 Å². The van der Waals surface area contributed by atoms with Gasteiger partial charge in [-0.3, -0.25) is 19.1 Å². The van der Waals surface area contributed by atoms with Gasteiger partial charge in [-0.05, 0) is 49.2 Å². The van der Waals surface area contributed by atoms with E-state index in [0.717, 1.165) is 33.1 Å². The van der Waals surface area contributed by atoms with Crippen LogP contribution in [0.4, 0.5) is 11.5 Å². The molecule has 0 saturated heterocycles. The van der Waals surface area contributed by atoms with E-state index in [4.69, 9.17) is 5.73 Å². The molecular formula is C27H27N5O3. The maximum atomic E-state index is 13.0. The van der Waals surface area contributed by atoms with E-state index in [1.807, 2.05) is 80.6 Å². The van der Waals surface area contributed by atoms with Crippen LogP contribution in [0.3, 0.4) is 0 Å². The number of carbonyl (C=O) groups excluding carboxylic acids is 1. The third-order valence-electron chi connectivity index (χ3n) is 5.95. The summed E-state index contributed by atoms with van der Waals surface area (Å²) in [6, 6.07) is 21.2. The van der Waals surface area contributed by atoms with Gasteiger partial charge in [0.05, 0.1) is 6.54 Å². The molecule has 0 spiro atoms. The van der Waals surface area contributed by atoms with Crippen molar-refractivity contribution in [3.8, 4) is 5.69 Å². The van der Waals surface area contributed by atoms with Gasteiger partial charge in [0, 0.05) is 30.2 Å². The Hall–Kier alpha value is -4.59. The topological polar surface area (TPSA) is 106 Å². The van der Waals surface area contributed by atoms with E-state index in [1.54, 1.807) is 6.08 Å². The number of aromatic nitrogens is 3. The number of hydrogen-bond acceptors (Lipinski definition) is 4. The van der Waals surface area contributed by atoms with Crippen LogP contribution in [0.1, 0.15) is 22.5 Å². The standard InChI is InChI=1S/C27H27N5O3/c1-18-16-21(19(2)32(18)22-12-8-5-9-13-22)14-15-23(33)30(3)24-25(28)31(27(35)29-26(24)34)17-20-10-6-4-7-11-20/h4-16H,17,28H2,1-3H3,(H,29,34,35). The molecule has 2 heterocycles. The highest BCUT2D eigenvalue weighted by molar-refractivity contribution is 6.04. The van der Waals surface area contributed by atoms with Crippen LogP contribution in [0.5, 0.6) is 0 Å². The summed E-state index contributed by atoms with van der Waals surface area (Å²) in [4.78, 5) is 41.4.